The summed E-state index contributed by atoms with van der Waals surface area (Å²) in [4.78, 5) is 22.0. The molecule has 0 bridgehead atoms. The van der Waals surface area contributed by atoms with Crippen LogP contribution >= 0.6 is 0 Å². The fraction of sp³-hybridized carbons (Fsp3) is 0.278. The third-order valence-corrected chi connectivity index (χ3v) is 3.25. The van der Waals surface area contributed by atoms with Crippen LogP contribution in [0.25, 0.3) is 0 Å². The number of hydrogen-bond donors (Lipinski definition) is 0. The Hall–Kier alpha value is -2.53. The lowest BCUT2D eigenvalue weighted by Crippen LogP contribution is -2.26. The molecule has 0 N–H and O–H groups in total. The number of nitrogens with zero attached hydrogens (tertiary/aromatic N) is 3. The number of carbonyl (C=O) groups is 1. The van der Waals surface area contributed by atoms with Gasteiger partial charge < -0.3 is 4.74 Å². The maximum Gasteiger partial charge on any atom is 0.330 e. The Balaban J connectivity index is 1.91. The highest BCUT2D eigenvalue weighted by Crippen LogP contribution is 2.07. The molecule has 2 aromatic rings. The Kier molecular flexibility index (Phi) is 6.94. The van der Waals surface area contributed by atoms with Gasteiger partial charge in [-0.25, -0.2) is 4.79 Å². The first-order valence-corrected chi connectivity index (χ1v) is 7.59. The van der Waals surface area contributed by atoms with Crippen molar-refractivity contribution in [3.05, 3.63) is 72.8 Å². The summed E-state index contributed by atoms with van der Waals surface area (Å²) in [5, 5.41) is 0. The third-order valence-electron chi connectivity index (χ3n) is 3.25. The number of pyridine rings is 2. The first-order valence-electron chi connectivity index (χ1n) is 7.59. The van der Waals surface area contributed by atoms with Crippen molar-refractivity contribution in [3.63, 3.8) is 0 Å². The molecule has 0 saturated heterocycles. The molecule has 0 fully saturated rings. The largest absolute Gasteiger partial charge is 0.462 e. The molecule has 2 heterocycles. The Morgan fingerprint density at radius 2 is 1.70 bits per heavy atom. The maximum atomic E-state index is 11.1. The highest BCUT2D eigenvalue weighted by Gasteiger charge is 2.09. The van der Waals surface area contributed by atoms with E-state index in [9.17, 15) is 4.79 Å². The van der Waals surface area contributed by atoms with Crippen molar-refractivity contribution in [2.45, 2.75) is 19.5 Å². The molecule has 0 aliphatic rings. The number of hydrogen-bond acceptors (Lipinski definition) is 5. The van der Waals surface area contributed by atoms with Gasteiger partial charge in [0.05, 0.1) is 18.0 Å². The maximum absolute atomic E-state index is 11.1. The second kappa shape index (κ2) is 9.48. The Labute approximate surface area is 136 Å². The van der Waals surface area contributed by atoms with Gasteiger partial charge in [-0.3, -0.25) is 14.9 Å². The van der Waals surface area contributed by atoms with Gasteiger partial charge in [0, 0.05) is 38.1 Å². The highest BCUT2D eigenvalue weighted by molar-refractivity contribution is 5.81. The van der Waals surface area contributed by atoms with Gasteiger partial charge in [-0.15, -0.1) is 0 Å². The number of carbonyl (C=O) groups excluding carboxylic acids is 1. The summed E-state index contributed by atoms with van der Waals surface area (Å²) in [6.07, 6.45) is 5.51. The molecule has 0 amide bonds. The highest BCUT2D eigenvalue weighted by atomic mass is 16.5. The van der Waals surface area contributed by atoms with E-state index in [1.807, 2.05) is 36.4 Å². The van der Waals surface area contributed by atoms with E-state index in [4.69, 9.17) is 4.74 Å². The fourth-order valence-corrected chi connectivity index (χ4v) is 2.18. The first-order chi connectivity index (χ1) is 11.3. The minimum absolute atomic E-state index is 0.381. The molecule has 0 aliphatic heterocycles. The lowest BCUT2D eigenvalue weighted by molar-refractivity contribution is -0.137. The SMILES string of the molecule is C=CC(=O)OCCCN(Cc1ccccn1)Cc1ccccn1. The Bertz CT molecular complexity index is 561. The normalized spacial score (nSPS) is 10.5. The Morgan fingerprint density at radius 3 is 2.17 bits per heavy atom. The van der Waals surface area contributed by atoms with Crippen molar-refractivity contribution in [3.8, 4) is 0 Å². The standard InChI is InChI=1S/C18H21N3O2/c1-2-18(22)23-13-7-12-21(14-16-8-3-5-10-19-16)15-17-9-4-6-11-20-17/h2-6,8-11H,1,7,12-15H2. The molecule has 2 aromatic heterocycles. The number of rotatable bonds is 9. The smallest absolute Gasteiger partial charge is 0.330 e. The average Bonchev–Trinajstić information content (AvgIpc) is 2.60. The number of ether oxygens (including phenoxy) is 1. The van der Waals surface area contributed by atoms with Gasteiger partial charge in [-0.2, -0.15) is 0 Å². The molecule has 0 aliphatic carbocycles. The molecule has 0 aromatic carbocycles. The monoisotopic (exact) mass is 311 g/mol. The van der Waals surface area contributed by atoms with E-state index in [2.05, 4.69) is 21.4 Å². The zero-order valence-electron chi connectivity index (χ0n) is 13.1. The van der Waals surface area contributed by atoms with Gasteiger partial charge in [0.1, 0.15) is 0 Å². The molecule has 0 atom stereocenters. The van der Waals surface area contributed by atoms with E-state index in [1.165, 1.54) is 6.08 Å². The van der Waals surface area contributed by atoms with Crippen LogP contribution in [0, 0.1) is 0 Å². The minimum Gasteiger partial charge on any atom is -0.462 e. The van der Waals surface area contributed by atoms with E-state index in [-0.39, 0.29) is 5.97 Å². The van der Waals surface area contributed by atoms with Crippen molar-refractivity contribution in [1.29, 1.82) is 0 Å². The van der Waals surface area contributed by atoms with Crippen LogP contribution in [0.4, 0.5) is 0 Å². The minimum atomic E-state index is -0.383. The van der Waals surface area contributed by atoms with Gasteiger partial charge in [0.2, 0.25) is 0 Å². The predicted molar refractivity (Wildman–Crippen MR) is 88.4 cm³/mol. The molecule has 5 nitrogen and oxygen atoms in total. The van der Waals surface area contributed by atoms with Crippen LogP contribution in [0.5, 0.6) is 0 Å². The van der Waals surface area contributed by atoms with Crippen molar-refractivity contribution < 1.29 is 9.53 Å². The van der Waals surface area contributed by atoms with Crippen LogP contribution in [0.3, 0.4) is 0 Å². The third kappa shape index (κ3) is 6.40. The zero-order chi connectivity index (χ0) is 16.3. The lowest BCUT2D eigenvalue weighted by atomic mass is 10.2. The first kappa shape index (κ1) is 16.8. The molecule has 120 valence electrons. The molecule has 0 unspecified atom stereocenters. The van der Waals surface area contributed by atoms with Crippen LogP contribution in [-0.4, -0.2) is 34.0 Å². The molecule has 0 saturated carbocycles. The number of aromatic nitrogens is 2. The summed E-state index contributed by atoms with van der Waals surface area (Å²) in [7, 11) is 0. The van der Waals surface area contributed by atoms with Gasteiger partial charge in [-0.05, 0) is 30.7 Å². The van der Waals surface area contributed by atoms with Gasteiger partial charge in [0.25, 0.3) is 0 Å². The molecule has 5 heteroatoms. The van der Waals surface area contributed by atoms with Gasteiger partial charge in [-0.1, -0.05) is 18.7 Å². The van der Waals surface area contributed by atoms with E-state index in [1.54, 1.807) is 12.4 Å². The molecule has 2 rings (SSSR count). The van der Waals surface area contributed by atoms with E-state index in [0.717, 1.165) is 37.4 Å². The topological polar surface area (TPSA) is 55.3 Å². The van der Waals surface area contributed by atoms with E-state index in [0.29, 0.717) is 6.61 Å². The molecule has 0 spiro atoms. The van der Waals surface area contributed by atoms with Crippen LogP contribution in [0.15, 0.2) is 61.4 Å². The summed E-state index contributed by atoms with van der Waals surface area (Å²) >= 11 is 0. The summed E-state index contributed by atoms with van der Waals surface area (Å²) in [6.45, 7) is 6.01. The summed E-state index contributed by atoms with van der Waals surface area (Å²) in [6, 6.07) is 11.8. The summed E-state index contributed by atoms with van der Waals surface area (Å²) in [5.41, 5.74) is 2.01. The Morgan fingerprint density at radius 1 is 1.09 bits per heavy atom. The van der Waals surface area contributed by atoms with Gasteiger partial charge in [0.15, 0.2) is 0 Å². The number of esters is 1. The second-order valence-electron chi connectivity index (χ2n) is 5.08. The van der Waals surface area contributed by atoms with Crippen LogP contribution in [0.1, 0.15) is 17.8 Å². The molecular formula is C18H21N3O2. The van der Waals surface area contributed by atoms with Crippen molar-refractivity contribution in [2.24, 2.45) is 0 Å². The van der Waals surface area contributed by atoms with Gasteiger partial charge >= 0.3 is 5.97 Å². The van der Waals surface area contributed by atoms with Crippen LogP contribution in [-0.2, 0) is 22.6 Å². The van der Waals surface area contributed by atoms with E-state index >= 15 is 0 Å². The van der Waals surface area contributed by atoms with Crippen LogP contribution in [0.2, 0.25) is 0 Å². The second-order valence-corrected chi connectivity index (χ2v) is 5.08. The lowest BCUT2D eigenvalue weighted by Gasteiger charge is -2.21. The van der Waals surface area contributed by atoms with Crippen molar-refractivity contribution in [1.82, 2.24) is 14.9 Å². The van der Waals surface area contributed by atoms with Crippen LogP contribution < -0.4 is 0 Å². The van der Waals surface area contributed by atoms with Crippen molar-refractivity contribution >= 4 is 5.97 Å². The van der Waals surface area contributed by atoms with Crippen molar-refractivity contribution in [2.75, 3.05) is 13.2 Å². The van der Waals surface area contributed by atoms with E-state index < -0.39 is 0 Å². The fourth-order valence-electron chi connectivity index (χ4n) is 2.18. The molecular weight excluding hydrogens is 290 g/mol. The predicted octanol–water partition coefficient (Wildman–Crippen LogP) is 2.60. The summed E-state index contributed by atoms with van der Waals surface area (Å²) in [5.74, 6) is -0.383. The molecule has 23 heavy (non-hydrogen) atoms. The quantitative estimate of drug-likeness (QED) is 0.405. The summed E-state index contributed by atoms with van der Waals surface area (Å²) < 4.78 is 5.03. The zero-order valence-corrected chi connectivity index (χ0v) is 13.1. The average molecular weight is 311 g/mol. The molecule has 0 radical (unpaired) electrons.